The Morgan fingerprint density at radius 2 is 2.04 bits per heavy atom. The molecule has 0 atom stereocenters. The van der Waals surface area contributed by atoms with Crippen molar-refractivity contribution in [2.45, 2.75) is 33.1 Å². The van der Waals surface area contributed by atoms with Gasteiger partial charge in [-0.2, -0.15) is 0 Å². The summed E-state index contributed by atoms with van der Waals surface area (Å²) < 4.78 is 7.53. The highest BCUT2D eigenvalue weighted by molar-refractivity contribution is 5.91. The molecule has 2 aromatic heterocycles. The van der Waals surface area contributed by atoms with E-state index in [2.05, 4.69) is 29.4 Å². The van der Waals surface area contributed by atoms with Crippen molar-refractivity contribution in [1.29, 1.82) is 0 Å². The molecule has 1 amide bonds. The van der Waals surface area contributed by atoms with Gasteiger partial charge in [0, 0.05) is 18.1 Å². The maximum Gasteiger partial charge on any atom is 0.262 e. The van der Waals surface area contributed by atoms with Gasteiger partial charge in [0.15, 0.2) is 18.0 Å². The standard InChI is InChI=1S/C20H23N3O2/c1-3-4-6-16-8-10-17(11-9-16)22-19(24)14-25-18-7-5-12-23-13-15(2)21-20(18)23/h5,7-13H,3-4,6,14H2,1-2H3,(H,22,24). The van der Waals surface area contributed by atoms with Gasteiger partial charge < -0.3 is 14.5 Å². The number of aryl methyl sites for hydroxylation is 2. The number of pyridine rings is 1. The second-order valence-corrected chi connectivity index (χ2v) is 6.12. The van der Waals surface area contributed by atoms with Crippen LogP contribution in [0.2, 0.25) is 0 Å². The zero-order valence-corrected chi connectivity index (χ0v) is 14.7. The molecule has 3 aromatic rings. The number of unbranched alkanes of at least 4 members (excludes halogenated alkanes) is 1. The van der Waals surface area contributed by atoms with E-state index in [1.807, 2.05) is 48.0 Å². The number of nitrogens with one attached hydrogen (secondary N) is 1. The largest absolute Gasteiger partial charge is 0.480 e. The molecule has 2 heterocycles. The number of carbonyl (C=O) groups excluding carboxylic acids is 1. The van der Waals surface area contributed by atoms with Crippen LogP contribution in [0.3, 0.4) is 0 Å². The second kappa shape index (κ2) is 7.83. The summed E-state index contributed by atoms with van der Waals surface area (Å²) in [5, 5.41) is 2.86. The van der Waals surface area contributed by atoms with E-state index in [1.54, 1.807) is 0 Å². The Kier molecular flexibility index (Phi) is 5.33. The summed E-state index contributed by atoms with van der Waals surface area (Å²) in [6, 6.07) is 11.7. The summed E-state index contributed by atoms with van der Waals surface area (Å²) in [7, 11) is 0. The molecule has 0 aliphatic carbocycles. The van der Waals surface area contributed by atoms with Crippen LogP contribution in [0.5, 0.6) is 5.75 Å². The SMILES string of the molecule is CCCCc1ccc(NC(=O)COc2cccn3cc(C)nc23)cc1. The van der Waals surface area contributed by atoms with Crippen molar-refractivity contribution in [3.63, 3.8) is 0 Å². The average Bonchev–Trinajstić information content (AvgIpc) is 3.00. The number of ether oxygens (including phenoxy) is 1. The van der Waals surface area contributed by atoms with Crippen LogP contribution in [-0.2, 0) is 11.2 Å². The maximum atomic E-state index is 12.1. The number of carbonyl (C=O) groups is 1. The summed E-state index contributed by atoms with van der Waals surface area (Å²) in [4.78, 5) is 16.5. The van der Waals surface area contributed by atoms with Crippen molar-refractivity contribution in [3.05, 3.63) is 60.0 Å². The number of nitrogens with zero attached hydrogens (tertiary/aromatic N) is 2. The third kappa shape index (κ3) is 4.38. The first-order valence-electron chi connectivity index (χ1n) is 8.61. The van der Waals surface area contributed by atoms with Crippen LogP contribution in [0, 0.1) is 6.92 Å². The fraction of sp³-hybridized carbons (Fsp3) is 0.300. The fourth-order valence-electron chi connectivity index (χ4n) is 2.70. The highest BCUT2D eigenvalue weighted by atomic mass is 16.5. The number of benzene rings is 1. The van der Waals surface area contributed by atoms with Gasteiger partial charge in [-0.25, -0.2) is 4.98 Å². The topological polar surface area (TPSA) is 55.6 Å². The normalized spacial score (nSPS) is 10.8. The molecule has 5 heteroatoms. The zero-order chi connectivity index (χ0) is 17.6. The number of imidazole rings is 1. The Bertz CT molecular complexity index is 853. The Labute approximate surface area is 147 Å². The summed E-state index contributed by atoms with van der Waals surface area (Å²) in [5.74, 6) is 0.409. The van der Waals surface area contributed by atoms with Gasteiger partial charge in [0.25, 0.3) is 5.91 Å². The summed E-state index contributed by atoms with van der Waals surface area (Å²) in [6.07, 6.45) is 7.25. The number of rotatable bonds is 7. The average molecular weight is 337 g/mol. The van der Waals surface area contributed by atoms with Gasteiger partial charge in [-0.15, -0.1) is 0 Å². The molecule has 0 saturated heterocycles. The minimum absolute atomic E-state index is 0.0524. The summed E-state index contributed by atoms with van der Waals surface area (Å²) in [5.41, 5.74) is 3.69. The van der Waals surface area contributed by atoms with E-state index in [0.29, 0.717) is 11.4 Å². The number of hydrogen-bond acceptors (Lipinski definition) is 3. The third-order valence-corrected chi connectivity index (χ3v) is 3.98. The lowest BCUT2D eigenvalue weighted by molar-refractivity contribution is -0.118. The van der Waals surface area contributed by atoms with Crippen molar-refractivity contribution >= 4 is 17.2 Å². The van der Waals surface area contributed by atoms with Crippen LogP contribution in [0.4, 0.5) is 5.69 Å². The summed E-state index contributed by atoms with van der Waals surface area (Å²) >= 11 is 0. The van der Waals surface area contributed by atoms with Crippen molar-refractivity contribution in [3.8, 4) is 5.75 Å². The van der Waals surface area contributed by atoms with Gasteiger partial charge in [0.2, 0.25) is 0 Å². The van der Waals surface area contributed by atoms with Crippen molar-refractivity contribution in [2.24, 2.45) is 0 Å². The van der Waals surface area contributed by atoms with E-state index in [4.69, 9.17) is 4.74 Å². The number of hydrogen-bond donors (Lipinski definition) is 1. The molecule has 0 aliphatic heterocycles. The molecule has 1 aromatic carbocycles. The highest BCUT2D eigenvalue weighted by Gasteiger charge is 2.08. The number of aromatic nitrogens is 2. The van der Waals surface area contributed by atoms with Gasteiger partial charge in [-0.3, -0.25) is 4.79 Å². The van der Waals surface area contributed by atoms with Gasteiger partial charge in [-0.1, -0.05) is 25.5 Å². The molecule has 3 rings (SSSR count). The van der Waals surface area contributed by atoms with Crippen molar-refractivity contribution in [1.82, 2.24) is 9.38 Å². The van der Waals surface area contributed by atoms with Crippen LogP contribution in [-0.4, -0.2) is 21.9 Å². The molecule has 0 fully saturated rings. The Balaban J connectivity index is 1.57. The van der Waals surface area contributed by atoms with Crippen LogP contribution in [0.15, 0.2) is 48.8 Å². The third-order valence-electron chi connectivity index (χ3n) is 3.98. The fourth-order valence-corrected chi connectivity index (χ4v) is 2.70. The van der Waals surface area contributed by atoms with E-state index < -0.39 is 0 Å². The molecule has 1 N–H and O–H groups in total. The molecular weight excluding hydrogens is 314 g/mol. The second-order valence-electron chi connectivity index (χ2n) is 6.12. The molecule has 0 spiro atoms. The Hall–Kier alpha value is -2.82. The molecule has 0 radical (unpaired) electrons. The Morgan fingerprint density at radius 3 is 2.80 bits per heavy atom. The van der Waals surface area contributed by atoms with E-state index >= 15 is 0 Å². The van der Waals surface area contributed by atoms with Crippen LogP contribution in [0.1, 0.15) is 31.0 Å². The van der Waals surface area contributed by atoms with Crippen molar-refractivity contribution < 1.29 is 9.53 Å². The summed E-state index contributed by atoms with van der Waals surface area (Å²) in [6.45, 7) is 4.05. The van der Waals surface area contributed by atoms with Gasteiger partial charge in [0.05, 0.1) is 5.69 Å². The predicted molar refractivity (Wildman–Crippen MR) is 99.1 cm³/mol. The molecular formula is C20H23N3O2. The van der Waals surface area contributed by atoms with Crippen LogP contribution in [0.25, 0.3) is 5.65 Å². The Morgan fingerprint density at radius 1 is 1.24 bits per heavy atom. The number of anilines is 1. The molecule has 5 nitrogen and oxygen atoms in total. The highest BCUT2D eigenvalue weighted by Crippen LogP contribution is 2.19. The lowest BCUT2D eigenvalue weighted by atomic mass is 10.1. The van der Waals surface area contributed by atoms with E-state index in [-0.39, 0.29) is 12.5 Å². The first-order valence-corrected chi connectivity index (χ1v) is 8.61. The quantitative estimate of drug-likeness (QED) is 0.709. The smallest absolute Gasteiger partial charge is 0.262 e. The first kappa shape index (κ1) is 17.0. The van der Waals surface area contributed by atoms with Crippen molar-refractivity contribution in [2.75, 3.05) is 11.9 Å². The van der Waals surface area contributed by atoms with Gasteiger partial charge >= 0.3 is 0 Å². The molecule has 25 heavy (non-hydrogen) atoms. The molecule has 0 aliphatic rings. The number of fused-ring (bicyclic) bond motifs is 1. The van der Waals surface area contributed by atoms with E-state index in [0.717, 1.165) is 17.8 Å². The molecule has 0 bridgehead atoms. The minimum Gasteiger partial charge on any atom is -0.480 e. The minimum atomic E-state index is -0.188. The number of amides is 1. The van der Waals surface area contributed by atoms with E-state index in [9.17, 15) is 4.79 Å². The zero-order valence-electron chi connectivity index (χ0n) is 14.7. The van der Waals surface area contributed by atoms with Crippen LogP contribution < -0.4 is 10.1 Å². The van der Waals surface area contributed by atoms with Gasteiger partial charge in [-0.05, 0) is 49.6 Å². The predicted octanol–water partition coefficient (Wildman–Crippen LogP) is 4.00. The first-order chi connectivity index (χ1) is 12.2. The molecule has 130 valence electrons. The molecule has 0 saturated carbocycles. The molecule has 0 unspecified atom stereocenters. The maximum absolute atomic E-state index is 12.1. The monoisotopic (exact) mass is 337 g/mol. The lowest BCUT2D eigenvalue weighted by Gasteiger charge is -2.09. The van der Waals surface area contributed by atoms with E-state index in [1.165, 1.54) is 18.4 Å². The van der Waals surface area contributed by atoms with Crippen LogP contribution >= 0.6 is 0 Å². The lowest BCUT2D eigenvalue weighted by Crippen LogP contribution is -2.20. The van der Waals surface area contributed by atoms with Gasteiger partial charge in [0.1, 0.15) is 0 Å².